The minimum Gasteiger partial charge on any atom is -0.396 e. The van der Waals surface area contributed by atoms with E-state index < -0.39 is 0 Å². The molecule has 2 aromatic carbocycles. The van der Waals surface area contributed by atoms with Gasteiger partial charge in [0.1, 0.15) is 0 Å². The van der Waals surface area contributed by atoms with Gasteiger partial charge >= 0.3 is 0 Å². The first-order chi connectivity index (χ1) is 11.1. The first kappa shape index (κ1) is 14.5. The van der Waals surface area contributed by atoms with Crippen molar-refractivity contribution in [2.24, 2.45) is 4.99 Å². The van der Waals surface area contributed by atoms with Crippen LogP contribution in [0.1, 0.15) is 24.2 Å². The van der Waals surface area contributed by atoms with Gasteiger partial charge in [-0.1, -0.05) is 41.4 Å². The van der Waals surface area contributed by atoms with E-state index in [1.165, 1.54) is 0 Å². The van der Waals surface area contributed by atoms with E-state index in [9.17, 15) is 0 Å². The molecule has 4 nitrogen and oxygen atoms in total. The zero-order valence-corrected chi connectivity index (χ0v) is 13.9. The smallest absolute Gasteiger partial charge is 0.0951 e. The van der Waals surface area contributed by atoms with Crippen molar-refractivity contribution in [1.29, 1.82) is 0 Å². The molecule has 0 amide bonds. The number of nitrogens with two attached hydrogens (primary N) is 1. The Morgan fingerprint density at radius 1 is 1.17 bits per heavy atom. The van der Waals surface area contributed by atoms with Crippen molar-refractivity contribution in [1.82, 2.24) is 9.78 Å². The summed E-state index contributed by atoms with van der Waals surface area (Å²) in [6.07, 6.45) is 0. The molecule has 3 aromatic rings. The Morgan fingerprint density at radius 2 is 1.87 bits per heavy atom. The van der Waals surface area contributed by atoms with E-state index in [0.717, 1.165) is 27.9 Å². The molecular weight excluding hydrogens is 331 g/mol. The molecule has 4 rings (SSSR count). The van der Waals surface area contributed by atoms with Gasteiger partial charge in [0.2, 0.25) is 0 Å². The molecule has 0 radical (unpaired) electrons. The normalized spacial score (nSPS) is 17.2. The Bertz CT molecular complexity index is 935. The molecule has 2 heterocycles. The topological polar surface area (TPSA) is 56.2 Å². The molecule has 0 saturated heterocycles. The van der Waals surface area contributed by atoms with Gasteiger partial charge in [0.25, 0.3) is 0 Å². The summed E-state index contributed by atoms with van der Waals surface area (Å²) in [5, 5.41) is 6.66. The molecule has 116 valence electrons. The maximum Gasteiger partial charge on any atom is 0.0951 e. The Hall–Kier alpha value is -2.04. The monoisotopic (exact) mass is 344 g/mol. The highest BCUT2D eigenvalue weighted by molar-refractivity contribution is 6.39. The number of aromatic nitrogens is 2. The second-order valence-corrected chi connectivity index (χ2v) is 6.52. The lowest BCUT2D eigenvalue weighted by molar-refractivity contribution is 0.492. The molecule has 6 heteroatoms. The van der Waals surface area contributed by atoms with Crippen molar-refractivity contribution in [2.75, 3.05) is 12.3 Å². The van der Waals surface area contributed by atoms with E-state index in [-0.39, 0.29) is 6.04 Å². The third-order valence-electron chi connectivity index (χ3n) is 4.11. The number of aliphatic imine (C=N–C) groups is 1. The summed E-state index contributed by atoms with van der Waals surface area (Å²) in [5.74, 6) is 0. The van der Waals surface area contributed by atoms with Crippen LogP contribution in [0.2, 0.25) is 10.0 Å². The second-order valence-electron chi connectivity index (χ2n) is 5.70. The second kappa shape index (κ2) is 5.25. The Labute approximate surface area is 143 Å². The SMILES string of the molecule is CC1CN=C(c2cc(Cl)c(N)c(Cl)c2)c2c3ccccc3nn21. The standard InChI is InChI=1S/C17H14Cl2N4/c1-9-8-21-16(10-6-12(18)15(20)13(19)7-10)17-11-4-2-3-5-14(11)22-23(9)17/h2-7,9H,8,20H2,1H3. The van der Waals surface area contributed by atoms with Crippen LogP contribution in [0.25, 0.3) is 10.9 Å². The highest BCUT2D eigenvalue weighted by Gasteiger charge is 2.25. The zero-order valence-electron chi connectivity index (χ0n) is 12.4. The summed E-state index contributed by atoms with van der Waals surface area (Å²) in [4.78, 5) is 4.75. The zero-order chi connectivity index (χ0) is 16.1. The average Bonchev–Trinajstić information content (AvgIpc) is 2.93. The van der Waals surface area contributed by atoms with Crippen molar-refractivity contribution >= 4 is 45.5 Å². The van der Waals surface area contributed by atoms with Crippen molar-refractivity contribution in [3.8, 4) is 0 Å². The van der Waals surface area contributed by atoms with Crippen LogP contribution in [-0.2, 0) is 0 Å². The summed E-state index contributed by atoms with van der Waals surface area (Å²) in [7, 11) is 0. The van der Waals surface area contributed by atoms with Gasteiger partial charge < -0.3 is 5.73 Å². The number of hydrogen-bond donors (Lipinski definition) is 1. The summed E-state index contributed by atoms with van der Waals surface area (Å²) >= 11 is 12.4. The number of hydrogen-bond acceptors (Lipinski definition) is 3. The van der Waals surface area contributed by atoms with Crippen LogP contribution in [0, 0.1) is 0 Å². The van der Waals surface area contributed by atoms with Crippen LogP contribution in [0.3, 0.4) is 0 Å². The van der Waals surface area contributed by atoms with Gasteiger partial charge in [-0.05, 0) is 25.1 Å². The van der Waals surface area contributed by atoms with Gasteiger partial charge in [-0.2, -0.15) is 5.10 Å². The van der Waals surface area contributed by atoms with E-state index in [1.54, 1.807) is 0 Å². The summed E-state index contributed by atoms with van der Waals surface area (Å²) in [6, 6.07) is 11.9. The predicted molar refractivity (Wildman–Crippen MR) is 95.8 cm³/mol. The largest absolute Gasteiger partial charge is 0.396 e. The first-order valence-electron chi connectivity index (χ1n) is 7.33. The lowest BCUT2D eigenvalue weighted by atomic mass is 10.0. The molecule has 1 aromatic heterocycles. The Kier molecular flexibility index (Phi) is 3.32. The van der Waals surface area contributed by atoms with Crippen molar-refractivity contribution in [3.05, 3.63) is 57.7 Å². The maximum absolute atomic E-state index is 6.20. The van der Waals surface area contributed by atoms with E-state index >= 15 is 0 Å². The molecule has 0 saturated carbocycles. The van der Waals surface area contributed by atoms with Crippen molar-refractivity contribution in [3.63, 3.8) is 0 Å². The minimum atomic E-state index is 0.209. The molecule has 1 aliphatic heterocycles. The number of fused-ring (bicyclic) bond motifs is 3. The highest BCUT2D eigenvalue weighted by atomic mass is 35.5. The molecule has 0 aliphatic carbocycles. The molecule has 2 N–H and O–H groups in total. The number of benzene rings is 2. The van der Waals surface area contributed by atoms with Crippen LogP contribution in [0.15, 0.2) is 41.4 Å². The third kappa shape index (κ3) is 2.21. The van der Waals surface area contributed by atoms with Gasteiger partial charge in [-0.3, -0.25) is 9.67 Å². The van der Waals surface area contributed by atoms with Crippen LogP contribution < -0.4 is 5.73 Å². The number of halogens is 2. The molecule has 0 bridgehead atoms. The fraction of sp³-hybridized carbons (Fsp3) is 0.176. The average molecular weight is 345 g/mol. The van der Waals surface area contributed by atoms with Crippen LogP contribution >= 0.6 is 23.2 Å². The number of nitrogen functional groups attached to an aromatic ring is 1. The van der Waals surface area contributed by atoms with Gasteiger partial charge in [0.05, 0.1) is 45.2 Å². The molecule has 1 unspecified atom stereocenters. The first-order valence-corrected chi connectivity index (χ1v) is 8.09. The van der Waals surface area contributed by atoms with Gasteiger partial charge in [0.15, 0.2) is 0 Å². The summed E-state index contributed by atoms with van der Waals surface area (Å²) in [5.41, 5.74) is 9.89. The molecule has 0 fully saturated rings. The minimum absolute atomic E-state index is 0.209. The molecule has 1 aliphatic rings. The Morgan fingerprint density at radius 3 is 2.61 bits per heavy atom. The quantitative estimate of drug-likeness (QED) is 0.667. The molecule has 23 heavy (non-hydrogen) atoms. The third-order valence-corrected chi connectivity index (χ3v) is 4.74. The van der Waals surface area contributed by atoms with Crippen LogP contribution in [-0.4, -0.2) is 22.0 Å². The number of nitrogens with zero attached hydrogens (tertiary/aromatic N) is 3. The fourth-order valence-corrected chi connectivity index (χ4v) is 3.42. The summed E-state index contributed by atoms with van der Waals surface area (Å²) < 4.78 is 2.03. The van der Waals surface area contributed by atoms with E-state index in [1.807, 2.05) is 35.0 Å². The molecule has 1 atom stereocenters. The van der Waals surface area contributed by atoms with E-state index in [2.05, 4.69) is 13.0 Å². The van der Waals surface area contributed by atoms with E-state index in [4.69, 9.17) is 39.0 Å². The van der Waals surface area contributed by atoms with E-state index in [0.29, 0.717) is 22.3 Å². The van der Waals surface area contributed by atoms with Crippen LogP contribution in [0.5, 0.6) is 0 Å². The molecule has 0 spiro atoms. The maximum atomic E-state index is 6.20. The molecular formula is C17H14Cl2N4. The predicted octanol–water partition coefficient (Wildman–Crippen LogP) is 4.34. The number of rotatable bonds is 1. The Balaban J connectivity index is 1.99. The van der Waals surface area contributed by atoms with Crippen molar-refractivity contribution in [2.45, 2.75) is 13.0 Å². The van der Waals surface area contributed by atoms with Gasteiger partial charge in [0, 0.05) is 10.9 Å². The van der Waals surface area contributed by atoms with Gasteiger partial charge in [-0.15, -0.1) is 0 Å². The lowest BCUT2D eigenvalue weighted by Crippen LogP contribution is -2.23. The number of anilines is 1. The van der Waals surface area contributed by atoms with Crippen molar-refractivity contribution < 1.29 is 0 Å². The van der Waals surface area contributed by atoms with Crippen LogP contribution in [0.4, 0.5) is 5.69 Å². The highest BCUT2D eigenvalue weighted by Crippen LogP contribution is 2.33. The van der Waals surface area contributed by atoms with Gasteiger partial charge in [-0.25, -0.2) is 0 Å². The summed E-state index contributed by atoms with van der Waals surface area (Å²) in [6.45, 7) is 2.77. The fourth-order valence-electron chi connectivity index (χ4n) is 2.93. The lowest BCUT2D eigenvalue weighted by Gasteiger charge is -2.21.